The van der Waals surface area contributed by atoms with Gasteiger partial charge in [0, 0.05) is 0 Å². The summed E-state index contributed by atoms with van der Waals surface area (Å²) in [5.74, 6) is 1.67. The van der Waals surface area contributed by atoms with Crippen molar-refractivity contribution >= 4 is 11.7 Å². The van der Waals surface area contributed by atoms with Gasteiger partial charge in [0.05, 0.1) is 44.1 Å². The summed E-state index contributed by atoms with van der Waals surface area (Å²) in [5.41, 5.74) is 1.25. The van der Waals surface area contributed by atoms with E-state index in [0.717, 1.165) is 50.5 Å². The number of hydrogen-bond acceptors (Lipinski definition) is 6. The lowest BCUT2D eigenvalue weighted by Gasteiger charge is -2.35. The number of nitrogens with zero attached hydrogens (tertiary/aromatic N) is 1. The van der Waals surface area contributed by atoms with E-state index in [1.807, 2.05) is 24.3 Å². The lowest BCUT2D eigenvalue weighted by molar-refractivity contribution is -0.135. The van der Waals surface area contributed by atoms with Crippen LogP contribution in [0.4, 0.5) is 0 Å². The van der Waals surface area contributed by atoms with Gasteiger partial charge in [-0.1, -0.05) is 32.3 Å². The molecule has 7 nitrogen and oxygen atoms in total. The lowest BCUT2D eigenvalue weighted by Crippen LogP contribution is -2.39. The van der Waals surface area contributed by atoms with Crippen LogP contribution in [0.2, 0.25) is 0 Å². The highest BCUT2D eigenvalue weighted by Crippen LogP contribution is 2.48. The fourth-order valence-electron chi connectivity index (χ4n) is 5.48. The summed E-state index contributed by atoms with van der Waals surface area (Å²) in [6, 6.07) is 8.71. The van der Waals surface area contributed by atoms with Crippen LogP contribution in [0.1, 0.15) is 69.2 Å². The van der Waals surface area contributed by atoms with Crippen molar-refractivity contribution in [1.29, 1.82) is 0 Å². The second-order valence-corrected chi connectivity index (χ2v) is 9.54. The summed E-state index contributed by atoms with van der Waals surface area (Å²) in [7, 11) is 1.60. The molecule has 3 unspecified atom stereocenters. The van der Waals surface area contributed by atoms with E-state index in [-0.39, 0.29) is 36.0 Å². The van der Waals surface area contributed by atoms with Crippen molar-refractivity contribution in [1.82, 2.24) is 4.90 Å². The standard InChI is InChI=1S/C28H33NO6/c1-3-4-7-14-34-22-13-12-18(16-23(22)32-2)25-24-26(30)20-10-5-6-11-21(20)35-27(24)28(31)29(25)17-19-9-8-15-33-19/h8-9,12-13,15-16,20-21,25H,3-7,10-11,14,17H2,1-2H3. The molecule has 7 heteroatoms. The highest BCUT2D eigenvalue weighted by atomic mass is 16.5. The normalized spacial score (nSPS) is 23.7. The predicted molar refractivity (Wildman–Crippen MR) is 129 cm³/mol. The molecule has 1 amide bonds. The van der Waals surface area contributed by atoms with Crippen molar-refractivity contribution in [2.24, 2.45) is 5.92 Å². The van der Waals surface area contributed by atoms with Crippen LogP contribution in [0.25, 0.3) is 0 Å². The number of carbonyl (C=O) groups excluding carboxylic acids is 2. The van der Waals surface area contributed by atoms with E-state index >= 15 is 0 Å². The van der Waals surface area contributed by atoms with Gasteiger partial charge in [-0.15, -0.1) is 0 Å². The zero-order valence-corrected chi connectivity index (χ0v) is 20.5. The van der Waals surface area contributed by atoms with Gasteiger partial charge in [-0.3, -0.25) is 9.59 Å². The summed E-state index contributed by atoms with van der Waals surface area (Å²) in [5, 5.41) is 0. The highest BCUT2D eigenvalue weighted by Gasteiger charge is 2.52. The molecule has 3 heterocycles. The average Bonchev–Trinajstić information content (AvgIpc) is 3.49. The summed E-state index contributed by atoms with van der Waals surface area (Å²) < 4.78 is 23.4. The quantitative estimate of drug-likeness (QED) is 0.451. The van der Waals surface area contributed by atoms with Crippen LogP contribution in [0.5, 0.6) is 11.5 Å². The van der Waals surface area contributed by atoms with Crippen molar-refractivity contribution in [2.45, 2.75) is 70.6 Å². The molecule has 0 spiro atoms. The van der Waals surface area contributed by atoms with E-state index in [1.165, 1.54) is 0 Å². The molecule has 1 aromatic heterocycles. The number of carbonyl (C=O) groups is 2. The molecule has 35 heavy (non-hydrogen) atoms. The molecule has 0 N–H and O–H groups in total. The number of benzene rings is 1. The smallest absolute Gasteiger partial charge is 0.290 e. The lowest BCUT2D eigenvalue weighted by atomic mass is 9.77. The van der Waals surface area contributed by atoms with E-state index in [9.17, 15) is 9.59 Å². The molecule has 3 atom stereocenters. The number of Topliss-reactive ketones (excluding diaryl/α,β-unsaturated/α-hetero) is 1. The Labute approximate surface area is 206 Å². The molecular weight excluding hydrogens is 446 g/mol. The van der Waals surface area contributed by atoms with Gasteiger partial charge >= 0.3 is 0 Å². The van der Waals surface area contributed by atoms with E-state index in [1.54, 1.807) is 24.3 Å². The number of ketones is 1. The van der Waals surface area contributed by atoms with Crippen molar-refractivity contribution < 1.29 is 28.2 Å². The van der Waals surface area contributed by atoms with E-state index in [2.05, 4.69) is 6.92 Å². The maximum Gasteiger partial charge on any atom is 0.290 e. The number of hydrogen-bond donors (Lipinski definition) is 0. The number of fused-ring (bicyclic) bond motifs is 1. The maximum absolute atomic E-state index is 13.7. The molecule has 2 aliphatic heterocycles. The molecule has 2 aromatic rings. The number of amides is 1. The summed E-state index contributed by atoms with van der Waals surface area (Å²) in [6.07, 6.45) is 8.20. The number of furan rings is 1. The Kier molecular flexibility index (Phi) is 6.84. The summed E-state index contributed by atoms with van der Waals surface area (Å²) in [4.78, 5) is 29.0. The Morgan fingerprint density at radius 2 is 1.94 bits per heavy atom. The minimum absolute atomic E-state index is 0.0371. The molecule has 5 rings (SSSR count). The fourth-order valence-corrected chi connectivity index (χ4v) is 5.48. The monoisotopic (exact) mass is 479 g/mol. The van der Waals surface area contributed by atoms with Crippen LogP contribution in [0.15, 0.2) is 52.3 Å². The molecule has 1 fully saturated rings. The number of ether oxygens (including phenoxy) is 3. The first-order valence-corrected chi connectivity index (χ1v) is 12.7. The number of rotatable bonds is 9. The number of methoxy groups -OCH3 is 1. The Balaban J connectivity index is 1.51. The van der Waals surface area contributed by atoms with Crippen LogP contribution >= 0.6 is 0 Å². The van der Waals surface area contributed by atoms with Crippen molar-refractivity contribution in [3.8, 4) is 11.5 Å². The molecule has 1 aliphatic carbocycles. The third kappa shape index (κ3) is 4.44. The molecule has 1 saturated carbocycles. The van der Waals surface area contributed by atoms with E-state index in [0.29, 0.717) is 29.4 Å². The highest BCUT2D eigenvalue weighted by molar-refractivity contribution is 6.11. The molecule has 3 aliphatic rings. The Morgan fingerprint density at radius 1 is 1.09 bits per heavy atom. The second-order valence-electron chi connectivity index (χ2n) is 9.54. The van der Waals surface area contributed by atoms with Gasteiger partial charge in [0.25, 0.3) is 5.91 Å². The third-order valence-corrected chi connectivity index (χ3v) is 7.27. The van der Waals surface area contributed by atoms with Crippen LogP contribution in [-0.2, 0) is 20.9 Å². The first kappa shape index (κ1) is 23.5. The SMILES string of the molecule is CCCCCOc1ccc(C2C3=C(OC4CCCCC4C3=O)C(=O)N2Cc2ccco2)cc1OC. The minimum atomic E-state index is -0.569. The first-order chi connectivity index (χ1) is 17.1. The third-order valence-electron chi connectivity index (χ3n) is 7.27. The van der Waals surface area contributed by atoms with Gasteiger partial charge in [-0.05, 0) is 55.5 Å². The first-order valence-electron chi connectivity index (χ1n) is 12.7. The van der Waals surface area contributed by atoms with Crippen molar-refractivity contribution in [3.05, 3.63) is 59.3 Å². The Morgan fingerprint density at radius 3 is 2.71 bits per heavy atom. The molecule has 0 radical (unpaired) electrons. The van der Waals surface area contributed by atoms with Gasteiger partial charge in [0.2, 0.25) is 0 Å². The topological polar surface area (TPSA) is 78.2 Å². The average molecular weight is 480 g/mol. The minimum Gasteiger partial charge on any atom is -0.493 e. The molecule has 1 aromatic carbocycles. The Bertz CT molecular complexity index is 1100. The van der Waals surface area contributed by atoms with Gasteiger partial charge in [0.1, 0.15) is 11.9 Å². The molecule has 186 valence electrons. The second kappa shape index (κ2) is 10.2. The van der Waals surface area contributed by atoms with E-state index < -0.39 is 6.04 Å². The maximum atomic E-state index is 13.7. The van der Waals surface area contributed by atoms with Gasteiger partial charge < -0.3 is 23.5 Å². The van der Waals surface area contributed by atoms with Crippen molar-refractivity contribution in [2.75, 3.05) is 13.7 Å². The molecular formula is C28H33NO6. The van der Waals surface area contributed by atoms with Crippen LogP contribution in [0.3, 0.4) is 0 Å². The van der Waals surface area contributed by atoms with Gasteiger partial charge in [0.15, 0.2) is 23.0 Å². The molecule has 0 bridgehead atoms. The Hall–Kier alpha value is -3.22. The predicted octanol–water partition coefficient (Wildman–Crippen LogP) is 5.35. The van der Waals surface area contributed by atoms with Crippen LogP contribution in [0, 0.1) is 5.92 Å². The van der Waals surface area contributed by atoms with Crippen molar-refractivity contribution in [3.63, 3.8) is 0 Å². The van der Waals surface area contributed by atoms with Crippen LogP contribution < -0.4 is 9.47 Å². The fraction of sp³-hybridized carbons (Fsp3) is 0.500. The zero-order valence-electron chi connectivity index (χ0n) is 20.5. The zero-order chi connectivity index (χ0) is 24.4. The molecule has 0 saturated heterocycles. The van der Waals surface area contributed by atoms with Gasteiger partial charge in [-0.25, -0.2) is 0 Å². The number of unbranched alkanes of at least 4 members (excludes halogenated alkanes) is 2. The summed E-state index contributed by atoms with van der Waals surface area (Å²) in [6.45, 7) is 3.01. The van der Waals surface area contributed by atoms with E-state index in [4.69, 9.17) is 18.6 Å². The largest absolute Gasteiger partial charge is 0.493 e. The van der Waals surface area contributed by atoms with Crippen LogP contribution in [-0.4, -0.2) is 36.4 Å². The van der Waals surface area contributed by atoms with Gasteiger partial charge in [-0.2, -0.15) is 0 Å². The summed E-state index contributed by atoms with van der Waals surface area (Å²) >= 11 is 0.